The van der Waals surface area contributed by atoms with Crippen LogP contribution in [0.2, 0.25) is 0 Å². The smallest absolute Gasteiger partial charge is 0.320 e. The molecule has 1 aliphatic carbocycles. The number of aliphatic carboxylic acids is 1. The zero-order chi connectivity index (χ0) is 10.6. The molecular weight excluding hydrogens is 166 g/mol. The Hall–Kier alpha value is -0.570. The molecule has 1 saturated carbocycles. The molecule has 1 atom stereocenters. The fourth-order valence-electron chi connectivity index (χ4n) is 1.86. The van der Waals surface area contributed by atoms with E-state index in [1.807, 2.05) is 0 Å². The molecule has 0 heterocycles. The van der Waals surface area contributed by atoms with Crippen molar-refractivity contribution in [3.05, 3.63) is 0 Å². The number of nitrogens with one attached hydrogen (secondary N) is 1. The Bertz CT molecular complexity index is 202. The number of carboxylic acids is 1. The summed E-state index contributed by atoms with van der Waals surface area (Å²) in [5, 5.41) is 11.6. The number of hydrogen-bond acceptors (Lipinski definition) is 2. The lowest BCUT2D eigenvalue weighted by atomic mass is 9.85. The Kier molecular flexibility index (Phi) is 3.62. The molecular formula is C10H19NO2. The Morgan fingerprint density at radius 1 is 1.62 bits per heavy atom. The van der Waals surface area contributed by atoms with E-state index in [1.54, 1.807) is 7.05 Å². The van der Waals surface area contributed by atoms with E-state index in [9.17, 15) is 4.79 Å². The highest BCUT2D eigenvalue weighted by Gasteiger charge is 2.22. The van der Waals surface area contributed by atoms with Gasteiger partial charge in [0, 0.05) is 1.37 Å². The van der Waals surface area contributed by atoms with Crippen molar-refractivity contribution in [2.75, 3.05) is 7.05 Å². The van der Waals surface area contributed by atoms with Gasteiger partial charge in [-0.1, -0.05) is 32.1 Å². The van der Waals surface area contributed by atoms with E-state index in [0.29, 0.717) is 6.42 Å². The molecule has 0 unspecified atom stereocenters. The fourth-order valence-corrected chi connectivity index (χ4v) is 1.86. The average molecular weight is 186 g/mol. The summed E-state index contributed by atoms with van der Waals surface area (Å²) < 4.78 is 8.14. The van der Waals surface area contributed by atoms with Crippen molar-refractivity contribution in [3.63, 3.8) is 0 Å². The highest BCUT2D eigenvalue weighted by molar-refractivity contribution is 5.73. The number of hydrogen-bond donors (Lipinski definition) is 2. The molecule has 13 heavy (non-hydrogen) atoms. The first-order valence-electron chi connectivity index (χ1n) is 5.47. The SMILES string of the molecule is [2H]C1(C[C@H](NC)C(=O)O)CCCCC1. The second-order valence-electron chi connectivity index (χ2n) is 3.69. The summed E-state index contributed by atoms with van der Waals surface area (Å²) in [7, 11) is 1.64. The Morgan fingerprint density at radius 2 is 2.23 bits per heavy atom. The molecule has 0 amide bonds. The second-order valence-corrected chi connectivity index (χ2v) is 3.69. The number of carbonyl (C=O) groups is 1. The molecule has 1 fully saturated rings. The molecule has 0 aliphatic heterocycles. The zero-order valence-corrected chi connectivity index (χ0v) is 8.18. The van der Waals surface area contributed by atoms with Crippen LogP contribution in [0.25, 0.3) is 0 Å². The summed E-state index contributed by atoms with van der Waals surface area (Å²) >= 11 is 0. The number of rotatable bonds is 4. The van der Waals surface area contributed by atoms with Gasteiger partial charge >= 0.3 is 5.97 Å². The summed E-state index contributed by atoms with van der Waals surface area (Å²) in [4.78, 5) is 10.8. The monoisotopic (exact) mass is 186 g/mol. The van der Waals surface area contributed by atoms with Crippen LogP contribution in [0.15, 0.2) is 0 Å². The fraction of sp³-hybridized carbons (Fsp3) is 0.900. The molecule has 3 nitrogen and oxygen atoms in total. The van der Waals surface area contributed by atoms with Gasteiger partial charge in [0.2, 0.25) is 0 Å². The lowest BCUT2D eigenvalue weighted by Gasteiger charge is -2.24. The maximum absolute atomic E-state index is 10.8. The van der Waals surface area contributed by atoms with Gasteiger partial charge in [-0.05, 0) is 19.4 Å². The van der Waals surface area contributed by atoms with Gasteiger partial charge in [0.1, 0.15) is 6.04 Å². The van der Waals surface area contributed by atoms with Crippen LogP contribution in [0, 0.1) is 5.89 Å². The summed E-state index contributed by atoms with van der Waals surface area (Å²) in [5.41, 5.74) is 0. The molecule has 2 N–H and O–H groups in total. The third-order valence-corrected chi connectivity index (χ3v) is 2.70. The summed E-state index contributed by atoms with van der Waals surface area (Å²) in [6, 6.07) is -0.564. The molecule has 0 aromatic rings. The molecule has 0 saturated heterocycles. The summed E-state index contributed by atoms with van der Waals surface area (Å²) in [6.45, 7) is 0. The van der Waals surface area contributed by atoms with E-state index >= 15 is 0 Å². The molecule has 3 heteroatoms. The minimum Gasteiger partial charge on any atom is -0.480 e. The van der Waals surface area contributed by atoms with Crippen molar-refractivity contribution in [2.24, 2.45) is 5.89 Å². The van der Waals surface area contributed by atoms with Crippen LogP contribution >= 0.6 is 0 Å². The van der Waals surface area contributed by atoms with Crippen molar-refractivity contribution >= 4 is 5.97 Å². The zero-order valence-electron chi connectivity index (χ0n) is 9.18. The van der Waals surface area contributed by atoms with Gasteiger partial charge in [-0.2, -0.15) is 0 Å². The number of carboxylic acid groups (broad SMARTS) is 1. The van der Waals surface area contributed by atoms with Crippen LogP contribution in [0.1, 0.15) is 39.9 Å². The van der Waals surface area contributed by atoms with Gasteiger partial charge in [0.05, 0.1) is 0 Å². The van der Waals surface area contributed by atoms with Crippen molar-refractivity contribution in [1.29, 1.82) is 0 Å². The van der Waals surface area contributed by atoms with Crippen molar-refractivity contribution in [3.8, 4) is 0 Å². The third-order valence-electron chi connectivity index (χ3n) is 2.70. The minimum absolute atomic E-state index is 0.429. The van der Waals surface area contributed by atoms with Gasteiger partial charge in [-0.3, -0.25) is 4.79 Å². The predicted molar refractivity (Wildman–Crippen MR) is 51.7 cm³/mol. The predicted octanol–water partition coefficient (Wildman–Crippen LogP) is 1.63. The van der Waals surface area contributed by atoms with E-state index < -0.39 is 17.9 Å². The Labute approximate surface area is 80.9 Å². The lowest BCUT2D eigenvalue weighted by Crippen LogP contribution is -2.36. The molecule has 76 valence electrons. The standard InChI is InChI=1S/C10H19NO2/c1-11-9(10(12)13)7-8-5-3-2-4-6-8/h8-9,11H,2-7H2,1H3,(H,12,13)/t9-/m0/s1/i8D. The molecule has 1 rings (SSSR count). The van der Waals surface area contributed by atoms with Crippen LogP contribution in [-0.2, 0) is 4.79 Å². The summed E-state index contributed by atoms with van der Waals surface area (Å²) in [6.07, 6.45) is 5.45. The Morgan fingerprint density at radius 3 is 2.69 bits per heavy atom. The normalized spacial score (nSPS) is 24.8. The number of likely N-dealkylation sites (N-methyl/N-ethyl adjacent to an activating group) is 1. The lowest BCUT2D eigenvalue weighted by molar-refractivity contribution is -0.139. The van der Waals surface area contributed by atoms with E-state index in [2.05, 4.69) is 5.32 Å². The summed E-state index contributed by atoms with van der Waals surface area (Å²) in [5.74, 6) is -1.35. The van der Waals surface area contributed by atoms with Gasteiger partial charge in [-0.25, -0.2) is 0 Å². The molecule has 0 spiro atoms. The Balaban J connectivity index is 2.50. The maximum Gasteiger partial charge on any atom is 0.320 e. The molecule has 0 bridgehead atoms. The molecule has 0 aromatic carbocycles. The first-order valence-corrected chi connectivity index (χ1v) is 4.97. The van der Waals surface area contributed by atoms with Crippen molar-refractivity contribution < 1.29 is 11.3 Å². The maximum atomic E-state index is 10.8. The first kappa shape index (κ1) is 9.00. The van der Waals surface area contributed by atoms with Crippen molar-refractivity contribution in [2.45, 2.75) is 44.6 Å². The van der Waals surface area contributed by atoms with Crippen LogP contribution in [-0.4, -0.2) is 24.2 Å². The van der Waals surface area contributed by atoms with Gasteiger partial charge in [0.15, 0.2) is 0 Å². The molecule has 0 aromatic heterocycles. The van der Waals surface area contributed by atoms with Crippen LogP contribution in [0.4, 0.5) is 0 Å². The average Bonchev–Trinajstić information content (AvgIpc) is 2.15. The van der Waals surface area contributed by atoms with E-state index in [4.69, 9.17) is 6.48 Å². The molecule has 1 aliphatic rings. The van der Waals surface area contributed by atoms with E-state index in [-0.39, 0.29) is 0 Å². The van der Waals surface area contributed by atoms with Crippen LogP contribution < -0.4 is 5.32 Å². The topological polar surface area (TPSA) is 49.3 Å². The van der Waals surface area contributed by atoms with Gasteiger partial charge in [0.25, 0.3) is 0 Å². The second kappa shape index (κ2) is 5.22. The van der Waals surface area contributed by atoms with E-state index in [0.717, 1.165) is 25.7 Å². The van der Waals surface area contributed by atoms with Gasteiger partial charge < -0.3 is 10.4 Å². The highest BCUT2D eigenvalue weighted by Crippen LogP contribution is 2.27. The largest absolute Gasteiger partial charge is 0.480 e. The first-order chi connectivity index (χ1) is 6.57. The minimum atomic E-state index is -0.843. The highest BCUT2D eigenvalue weighted by atomic mass is 16.4. The molecule has 0 radical (unpaired) electrons. The van der Waals surface area contributed by atoms with Crippen molar-refractivity contribution in [1.82, 2.24) is 5.32 Å². The van der Waals surface area contributed by atoms with Gasteiger partial charge in [-0.15, -0.1) is 0 Å². The van der Waals surface area contributed by atoms with E-state index in [1.165, 1.54) is 6.42 Å². The quantitative estimate of drug-likeness (QED) is 0.701. The van der Waals surface area contributed by atoms with Crippen LogP contribution in [0.5, 0.6) is 0 Å². The third kappa shape index (κ3) is 3.35. The van der Waals surface area contributed by atoms with Crippen LogP contribution in [0.3, 0.4) is 0 Å².